The summed E-state index contributed by atoms with van der Waals surface area (Å²) in [6.45, 7) is 4.48. The van der Waals surface area contributed by atoms with E-state index in [0.717, 1.165) is 6.08 Å². The van der Waals surface area contributed by atoms with Crippen LogP contribution in [0.4, 0.5) is 0 Å². The van der Waals surface area contributed by atoms with Crippen molar-refractivity contribution < 1.29 is 24.2 Å². The van der Waals surface area contributed by atoms with Crippen LogP contribution in [0.5, 0.6) is 5.75 Å². The average molecular weight is 339 g/mol. The van der Waals surface area contributed by atoms with Crippen LogP contribution in [0.2, 0.25) is 0 Å². The minimum atomic E-state index is -1.96. The second-order valence-corrected chi connectivity index (χ2v) is 5.35. The molecule has 1 unspecified atom stereocenters. The molecule has 2 aromatic rings. The first-order valence-electron chi connectivity index (χ1n) is 7.42. The van der Waals surface area contributed by atoms with Crippen LogP contribution in [-0.2, 0) is 9.59 Å². The summed E-state index contributed by atoms with van der Waals surface area (Å²) in [6, 6.07) is 14.8. The molecule has 2 aromatic carbocycles. The molecule has 0 fully saturated rings. The molecule has 128 valence electrons. The van der Waals surface area contributed by atoms with E-state index < -0.39 is 17.6 Å². The number of hydrogen-bond acceptors (Lipinski definition) is 4. The van der Waals surface area contributed by atoms with Crippen LogP contribution in [0.3, 0.4) is 0 Å². The van der Waals surface area contributed by atoms with Gasteiger partial charge in [0.25, 0.3) is 5.72 Å². The summed E-state index contributed by atoms with van der Waals surface area (Å²) >= 11 is 0. The molecular formula is C19H17NO5. The normalized spacial score (nSPS) is 12.5. The van der Waals surface area contributed by atoms with Crippen molar-refractivity contribution >= 4 is 17.7 Å². The van der Waals surface area contributed by atoms with Gasteiger partial charge in [0.2, 0.25) is 5.91 Å². The Labute approximate surface area is 144 Å². The highest BCUT2D eigenvalue weighted by Gasteiger charge is 2.37. The maximum Gasteiger partial charge on any atom is 0.369 e. The summed E-state index contributed by atoms with van der Waals surface area (Å²) in [5.74, 6) is -2.01. The Morgan fingerprint density at radius 1 is 1.04 bits per heavy atom. The summed E-state index contributed by atoms with van der Waals surface area (Å²) in [5, 5.41) is 11.5. The van der Waals surface area contributed by atoms with Gasteiger partial charge in [-0.2, -0.15) is 0 Å². The highest BCUT2D eigenvalue weighted by molar-refractivity contribution is 6.09. The van der Waals surface area contributed by atoms with Gasteiger partial charge in [-0.1, -0.05) is 36.9 Å². The van der Waals surface area contributed by atoms with Crippen LogP contribution in [0, 0.1) is 0 Å². The third-order valence-electron chi connectivity index (χ3n) is 3.43. The third kappa shape index (κ3) is 4.32. The van der Waals surface area contributed by atoms with Crippen molar-refractivity contribution in [2.75, 3.05) is 0 Å². The molecule has 0 saturated carbocycles. The molecule has 6 nitrogen and oxygen atoms in total. The van der Waals surface area contributed by atoms with Crippen LogP contribution < -0.4 is 10.1 Å². The highest BCUT2D eigenvalue weighted by Crippen LogP contribution is 2.20. The van der Waals surface area contributed by atoms with E-state index >= 15 is 0 Å². The number of carboxylic acids is 1. The predicted octanol–water partition coefficient (Wildman–Crippen LogP) is 2.40. The van der Waals surface area contributed by atoms with Gasteiger partial charge in [0.05, 0.1) is 0 Å². The van der Waals surface area contributed by atoms with Crippen LogP contribution in [0.15, 0.2) is 67.3 Å². The second kappa shape index (κ2) is 7.44. The minimum Gasteiger partial charge on any atom is -0.477 e. The van der Waals surface area contributed by atoms with E-state index in [-0.39, 0.29) is 11.5 Å². The quantitative estimate of drug-likeness (QED) is 0.459. The SMILES string of the molecule is C=CC(=O)NC(C)(Oc1ccc(C(=O)c2ccccc2)cc1)C(=O)O. The summed E-state index contributed by atoms with van der Waals surface area (Å²) in [6.07, 6.45) is 0.951. The van der Waals surface area contributed by atoms with Gasteiger partial charge in [-0.05, 0) is 30.3 Å². The molecule has 2 N–H and O–H groups in total. The number of carbonyl (C=O) groups excluding carboxylic acids is 2. The number of ketones is 1. The lowest BCUT2D eigenvalue weighted by molar-refractivity contribution is -0.159. The maximum absolute atomic E-state index is 12.3. The predicted molar refractivity (Wildman–Crippen MR) is 91.3 cm³/mol. The zero-order chi connectivity index (χ0) is 18.4. The number of rotatable bonds is 7. The molecule has 0 aliphatic carbocycles. The molecular weight excluding hydrogens is 322 g/mol. The maximum atomic E-state index is 12.3. The Morgan fingerprint density at radius 3 is 2.12 bits per heavy atom. The van der Waals surface area contributed by atoms with Crippen molar-refractivity contribution in [3.05, 3.63) is 78.4 Å². The molecule has 1 atom stereocenters. The van der Waals surface area contributed by atoms with Crippen molar-refractivity contribution in [3.63, 3.8) is 0 Å². The lowest BCUT2D eigenvalue weighted by Crippen LogP contribution is -2.56. The van der Waals surface area contributed by atoms with Crippen molar-refractivity contribution in [2.24, 2.45) is 0 Å². The van der Waals surface area contributed by atoms with Crippen LogP contribution in [0.1, 0.15) is 22.8 Å². The molecule has 6 heteroatoms. The first-order chi connectivity index (χ1) is 11.9. The van der Waals surface area contributed by atoms with E-state index in [2.05, 4.69) is 11.9 Å². The number of amides is 1. The standard InChI is InChI=1S/C19H17NO5/c1-3-16(21)20-19(2,18(23)24)25-15-11-9-14(10-12-15)17(22)13-7-5-4-6-8-13/h3-12H,1H2,2H3,(H,20,21)(H,23,24). The molecule has 0 aliphatic rings. The van der Waals surface area contributed by atoms with Gasteiger partial charge in [-0.15, -0.1) is 0 Å². The van der Waals surface area contributed by atoms with E-state index in [4.69, 9.17) is 4.74 Å². The number of benzene rings is 2. The molecule has 0 spiro atoms. The Hall–Kier alpha value is -3.41. The van der Waals surface area contributed by atoms with Crippen molar-refractivity contribution in [1.29, 1.82) is 0 Å². The Morgan fingerprint density at radius 2 is 1.60 bits per heavy atom. The van der Waals surface area contributed by atoms with Gasteiger partial charge in [0, 0.05) is 18.1 Å². The van der Waals surface area contributed by atoms with Crippen LogP contribution >= 0.6 is 0 Å². The molecule has 0 aliphatic heterocycles. The molecule has 0 saturated heterocycles. The van der Waals surface area contributed by atoms with Crippen molar-refractivity contribution in [2.45, 2.75) is 12.6 Å². The first-order valence-corrected chi connectivity index (χ1v) is 7.42. The summed E-state index contributed by atoms with van der Waals surface area (Å²) in [4.78, 5) is 35.1. The van der Waals surface area contributed by atoms with Crippen LogP contribution in [0.25, 0.3) is 0 Å². The number of carboxylic acid groups (broad SMARTS) is 1. The zero-order valence-electron chi connectivity index (χ0n) is 13.6. The monoisotopic (exact) mass is 339 g/mol. The zero-order valence-corrected chi connectivity index (χ0v) is 13.6. The Balaban J connectivity index is 2.18. The van der Waals surface area contributed by atoms with E-state index in [1.807, 2.05) is 6.07 Å². The molecule has 2 rings (SSSR count). The van der Waals surface area contributed by atoms with Crippen molar-refractivity contribution in [1.82, 2.24) is 5.32 Å². The van der Waals surface area contributed by atoms with E-state index in [1.165, 1.54) is 31.2 Å². The molecule has 1 amide bonds. The van der Waals surface area contributed by atoms with Gasteiger partial charge in [-0.3, -0.25) is 9.59 Å². The summed E-state index contributed by atoms with van der Waals surface area (Å²) in [7, 11) is 0. The molecule has 0 aromatic heterocycles. The largest absolute Gasteiger partial charge is 0.477 e. The van der Waals surface area contributed by atoms with E-state index in [1.54, 1.807) is 24.3 Å². The Kier molecular flexibility index (Phi) is 5.34. The fourth-order valence-electron chi connectivity index (χ4n) is 2.08. The third-order valence-corrected chi connectivity index (χ3v) is 3.43. The van der Waals surface area contributed by atoms with E-state index in [9.17, 15) is 19.5 Å². The van der Waals surface area contributed by atoms with Gasteiger partial charge in [-0.25, -0.2) is 4.79 Å². The van der Waals surface area contributed by atoms with Gasteiger partial charge < -0.3 is 15.2 Å². The number of hydrogen-bond donors (Lipinski definition) is 2. The summed E-state index contributed by atoms with van der Waals surface area (Å²) < 4.78 is 5.39. The topological polar surface area (TPSA) is 92.7 Å². The fraction of sp³-hybridized carbons (Fsp3) is 0.105. The average Bonchev–Trinajstić information content (AvgIpc) is 2.62. The lowest BCUT2D eigenvalue weighted by Gasteiger charge is -2.26. The Bertz CT molecular complexity index is 798. The minimum absolute atomic E-state index is 0.159. The number of aliphatic carboxylic acids is 1. The highest BCUT2D eigenvalue weighted by atomic mass is 16.5. The molecule has 0 radical (unpaired) electrons. The van der Waals surface area contributed by atoms with Gasteiger partial charge in [0.15, 0.2) is 5.78 Å². The fourth-order valence-corrected chi connectivity index (χ4v) is 2.08. The van der Waals surface area contributed by atoms with Crippen molar-refractivity contribution in [3.8, 4) is 5.75 Å². The van der Waals surface area contributed by atoms with Gasteiger partial charge in [0.1, 0.15) is 5.75 Å². The smallest absolute Gasteiger partial charge is 0.369 e. The first kappa shape index (κ1) is 17.9. The number of nitrogens with one attached hydrogen (secondary N) is 1. The molecule has 0 heterocycles. The van der Waals surface area contributed by atoms with E-state index in [0.29, 0.717) is 11.1 Å². The number of ether oxygens (including phenoxy) is 1. The second-order valence-electron chi connectivity index (χ2n) is 5.35. The van der Waals surface area contributed by atoms with Gasteiger partial charge >= 0.3 is 5.97 Å². The molecule has 25 heavy (non-hydrogen) atoms. The lowest BCUT2D eigenvalue weighted by atomic mass is 10.0. The number of carbonyl (C=O) groups is 3. The molecule has 0 bridgehead atoms. The van der Waals surface area contributed by atoms with Crippen LogP contribution in [-0.4, -0.2) is 28.5 Å². The summed E-state index contributed by atoms with van der Waals surface area (Å²) in [5.41, 5.74) is -0.980.